The summed E-state index contributed by atoms with van der Waals surface area (Å²) in [4.78, 5) is 63.8. The Bertz CT molecular complexity index is 992. The van der Waals surface area contributed by atoms with E-state index in [0.29, 0.717) is 10.6 Å². The number of aliphatic hydroxyl groups excluding tert-OH is 1. The van der Waals surface area contributed by atoms with Crippen LogP contribution in [-0.4, -0.2) is 51.6 Å². The minimum Gasteiger partial charge on any atom is -0.445 e. The Kier molecular flexibility index (Phi) is 6.09. The summed E-state index contributed by atoms with van der Waals surface area (Å²) in [6.45, 7) is -0.274. The van der Waals surface area contributed by atoms with Gasteiger partial charge in [0.05, 0.1) is 16.8 Å². The number of aliphatic hydroxyl groups is 1. The van der Waals surface area contributed by atoms with E-state index in [1.54, 1.807) is 0 Å². The number of hydrogen-bond donors (Lipinski definition) is 2. The second-order valence-corrected chi connectivity index (χ2v) is 8.11. The SMILES string of the molecule is O=C(NCC[C@H](O)C(=O)ON1C(=O)[C@@H]2[C@H]3C=CC(C3)[C@@H]2C1=O)OCc1ccc([N+](=O)[O-])cc1. The molecule has 4 rings (SSSR count). The highest BCUT2D eigenvalue weighted by molar-refractivity contribution is 6.06. The van der Waals surface area contributed by atoms with Crippen LogP contribution in [-0.2, 0) is 30.6 Å². The second-order valence-electron chi connectivity index (χ2n) is 8.11. The molecule has 1 aromatic carbocycles. The first kappa shape index (κ1) is 22.4. The molecule has 1 aromatic rings. The molecule has 3 amide bonds. The standard InChI is InChI=1S/C21H21N3O9/c25-15(7-8-22-21(29)32-10-11-1-5-14(6-2-11)24(30)31)20(28)33-23-18(26)16-12-3-4-13(9-12)17(16)19(23)27/h1-6,12-13,15-17,25H,7-10H2,(H,22,29)/t12-,13?,15-,16+,17-/m0/s1. The molecule has 1 aliphatic heterocycles. The van der Waals surface area contributed by atoms with Crippen molar-refractivity contribution >= 4 is 29.6 Å². The van der Waals surface area contributed by atoms with E-state index in [2.05, 4.69) is 5.32 Å². The number of carbonyl (C=O) groups excluding carboxylic acids is 4. The highest BCUT2D eigenvalue weighted by atomic mass is 16.7. The fourth-order valence-electron chi connectivity index (χ4n) is 4.46. The molecule has 1 saturated heterocycles. The maximum Gasteiger partial charge on any atom is 0.407 e. The maximum atomic E-state index is 12.5. The highest BCUT2D eigenvalue weighted by Gasteiger charge is 2.61. The van der Waals surface area contributed by atoms with E-state index in [4.69, 9.17) is 9.57 Å². The number of carbonyl (C=O) groups is 4. The third-order valence-electron chi connectivity index (χ3n) is 6.09. The fraction of sp³-hybridized carbons (Fsp3) is 0.429. The third-order valence-corrected chi connectivity index (χ3v) is 6.09. The van der Waals surface area contributed by atoms with E-state index >= 15 is 0 Å². The number of nitrogens with one attached hydrogen (secondary N) is 1. The fourth-order valence-corrected chi connectivity index (χ4v) is 4.46. The van der Waals surface area contributed by atoms with Crippen LogP contribution in [0.3, 0.4) is 0 Å². The summed E-state index contributed by atoms with van der Waals surface area (Å²) in [7, 11) is 0. The monoisotopic (exact) mass is 459 g/mol. The molecule has 2 N–H and O–H groups in total. The van der Waals surface area contributed by atoms with Crippen molar-refractivity contribution in [2.75, 3.05) is 6.54 Å². The lowest BCUT2D eigenvalue weighted by Gasteiger charge is -2.18. The van der Waals surface area contributed by atoms with Crippen molar-refractivity contribution in [3.8, 4) is 0 Å². The number of hydrogen-bond acceptors (Lipinski definition) is 9. The van der Waals surface area contributed by atoms with Gasteiger partial charge in [-0.05, 0) is 36.0 Å². The van der Waals surface area contributed by atoms with E-state index in [1.807, 2.05) is 12.2 Å². The third kappa shape index (κ3) is 4.42. The molecule has 12 heteroatoms. The van der Waals surface area contributed by atoms with Gasteiger partial charge in [-0.1, -0.05) is 12.2 Å². The molecular formula is C21H21N3O9. The van der Waals surface area contributed by atoms with Crippen LogP contribution in [0.4, 0.5) is 10.5 Å². The first-order valence-electron chi connectivity index (χ1n) is 10.4. The molecule has 12 nitrogen and oxygen atoms in total. The van der Waals surface area contributed by atoms with Gasteiger partial charge < -0.3 is 20.0 Å². The van der Waals surface area contributed by atoms with Gasteiger partial charge in [-0.15, -0.1) is 5.06 Å². The number of benzene rings is 1. The number of nitro benzene ring substituents is 1. The number of rotatable bonds is 8. The number of non-ortho nitro benzene ring substituents is 1. The summed E-state index contributed by atoms with van der Waals surface area (Å²) in [5.74, 6) is -3.43. The van der Waals surface area contributed by atoms with Crippen LogP contribution in [0.25, 0.3) is 0 Å². The number of nitrogens with zero attached hydrogens (tertiary/aromatic N) is 2. The minimum absolute atomic E-state index is 0.0358. The molecule has 2 aliphatic carbocycles. The van der Waals surface area contributed by atoms with Gasteiger partial charge in [-0.25, -0.2) is 9.59 Å². The lowest BCUT2D eigenvalue weighted by Crippen LogP contribution is -2.39. The zero-order valence-corrected chi connectivity index (χ0v) is 17.3. The van der Waals surface area contributed by atoms with Crippen molar-refractivity contribution in [2.45, 2.75) is 25.6 Å². The largest absolute Gasteiger partial charge is 0.445 e. The number of alkyl carbamates (subject to hydrolysis) is 1. The van der Waals surface area contributed by atoms with Crippen molar-refractivity contribution in [1.82, 2.24) is 10.4 Å². The zero-order chi connectivity index (χ0) is 23.7. The van der Waals surface area contributed by atoms with Gasteiger partial charge >= 0.3 is 12.1 Å². The van der Waals surface area contributed by atoms with Crippen LogP contribution in [0.15, 0.2) is 36.4 Å². The van der Waals surface area contributed by atoms with Crippen LogP contribution in [0, 0.1) is 33.8 Å². The number of ether oxygens (including phenoxy) is 1. The molecular weight excluding hydrogens is 438 g/mol. The summed E-state index contributed by atoms with van der Waals surface area (Å²) in [5.41, 5.74) is 0.446. The number of hydroxylamine groups is 2. The summed E-state index contributed by atoms with van der Waals surface area (Å²) < 4.78 is 4.95. The topological polar surface area (TPSA) is 165 Å². The van der Waals surface area contributed by atoms with E-state index in [9.17, 15) is 34.4 Å². The molecule has 0 aromatic heterocycles. The van der Waals surface area contributed by atoms with Gasteiger partial charge in [-0.2, -0.15) is 0 Å². The van der Waals surface area contributed by atoms with Crippen molar-refractivity contribution in [2.24, 2.45) is 23.7 Å². The zero-order valence-electron chi connectivity index (χ0n) is 17.3. The van der Waals surface area contributed by atoms with Crippen LogP contribution < -0.4 is 5.32 Å². The quantitative estimate of drug-likeness (QED) is 0.248. The minimum atomic E-state index is -1.67. The number of nitro groups is 1. The number of imide groups is 1. The summed E-state index contributed by atoms with van der Waals surface area (Å²) in [5, 5.41) is 23.4. The van der Waals surface area contributed by atoms with E-state index in [1.165, 1.54) is 24.3 Å². The lowest BCUT2D eigenvalue weighted by atomic mass is 9.85. The molecule has 3 aliphatic rings. The maximum absolute atomic E-state index is 12.5. The van der Waals surface area contributed by atoms with Crippen molar-refractivity contribution in [3.63, 3.8) is 0 Å². The highest BCUT2D eigenvalue weighted by Crippen LogP contribution is 2.52. The molecule has 1 saturated carbocycles. The van der Waals surface area contributed by atoms with Crippen molar-refractivity contribution in [1.29, 1.82) is 0 Å². The molecule has 2 fully saturated rings. The Hall–Kier alpha value is -3.80. The lowest BCUT2D eigenvalue weighted by molar-refractivity contribution is -0.384. The first-order chi connectivity index (χ1) is 15.8. The first-order valence-corrected chi connectivity index (χ1v) is 10.4. The van der Waals surface area contributed by atoms with Crippen LogP contribution in [0.1, 0.15) is 18.4 Å². The van der Waals surface area contributed by atoms with Gasteiger partial charge in [-0.3, -0.25) is 19.7 Å². The van der Waals surface area contributed by atoms with E-state index < -0.39 is 46.7 Å². The Morgan fingerprint density at radius 2 is 1.76 bits per heavy atom. The van der Waals surface area contributed by atoms with Crippen LogP contribution >= 0.6 is 0 Å². The molecule has 33 heavy (non-hydrogen) atoms. The molecule has 0 radical (unpaired) electrons. The normalized spacial score (nSPS) is 25.7. The average molecular weight is 459 g/mol. The van der Waals surface area contributed by atoms with Gasteiger partial charge in [0.25, 0.3) is 17.5 Å². The average Bonchev–Trinajstić information content (AvgIpc) is 3.48. The number of amides is 3. The second kappa shape index (κ2) is 8.98. The Balaban J connectivity index is 1.18. The number of fused-ring (bicyclic) bond motifs is 5. The molecule has 1 heterocycles. The van der Waals surface area contributed by atoms with E-state index in [-0.39, 0.29) is 37.1 Å². The van der Waals surface area contributed by atoms with Crippen molar-refractivity contribution in [3.05, 3.63) is 52.1 Å². The predicted octanol–water partition coefficient (Wildman–Crippen LogP) is 0.837. The Morgan fingerprint density at radius 3 is 2.33 bits per heavy atom. The van der Waals surface area contributed by atoms with E-state index in [0.717, 1.165) is 6.42 Å². The molecule has 2 bridgehead atoms. The summed E-state index contributed by atoms with van der Waals surface area (Å²) in [6.07, 6.45) is 1.82. The van der Waals surface area contributed by atoms with Gasteiger partial charge in [0.2, 0.25) is 0 Å². The molecule has 174 valence electrons. The predicted molar refractivity (Wildman–Crippen MR) is 108 cm³/mol. The molecule has 0 spiro atoms. The van der Waals surface area contributed by atoms with Gasteiger partial charge in [0.1, 0.15) is 6.61 Å². The Labute approximate surface area is 187 Å². The molecule has 1 unspecified atom stereocenters. The summed E-state index contributed by atoms with van der Waals surface area (Å²) in [6, 6.07) is 5.45. The van der Waals surface area contributed by atoms with Gasteiger partial charge in [0.15, 0.2) is 6.10 Å². The summed E-state index contributed by atoms with van der Waals surface area (Å²) >= 11 is 0. The molecule has 5 atom stereocenters. The van der Waals surface area contributed by atoms with Gasteiger partial charge in [0, 0.05) is 25.1 Å². The Morgan fingerprint density at radius 1 is 1.15 bits per heavy atom. The van der Waals surface area contributed by atoms with Crippen molar-refractivity contribution < 1.29 is 38.8 Å². The number of allylic oxidation sites excluding steroid dienone is 2. The van der Waals surface area contributed by atoms with Crippen LogP contribution in [0.5, 0.6) is 0 Å². The van der Waals surface area contributed by atoms with Crippen LogP contribution in [0.2, 0.25) is 0 Å². The smallest absolute Gasteiger partial charge is 0.407 e.